The predicted octanol–water partition coefficient (Wildman–Crippen LogP) is 4.48. The summed E-state index contributed by atoms with van der Waals surface area (Å²) in [5.41, 5.74) is 0.234. The van der Waals surface area contributed by atoms with E-state index in [9.17, 15) is 9.18 Å². The van der Waals surface area contributed by atoms with Crippen molar-refractivity contribution in [3.05, 3.63) is 29.1 Å². The average Bonchev–Trinajstić information content (AvgIpc) is 2.76. The van der Waals surface area contributed by atoms with Crippen molar-refractivity contribution in [2.75, 3.05) is 0 Å². The van der Waals surface area contributed by atoms with E-state index in [2.05, 4.69) is 5.32 Å². The van der Waals surface area contributed by atoms with Crippen LogP contribution >= 0.6 is 0 Å². The van der Waals surface area contributed by atoms with Crippen LogP contribution in [0.5, 0.6) is 0 Å². The lowest BCUT2D eigenvalue weighted by Gasteiger charge is -2.32. The van der Waals surface area contributed by atoms with Gasteiger partial charge in [-0.3, -0.25) is 0 Å². The van der Waals surface area contributed by atoms with Crippen LogP contribution in [-0.4, -0.2) is 30.0 Å². The average molecular weight is 395 g/mol. The number of halogens is 1. The van der Waals surface area contributed by atoms with Crippen molar-refractivity contribution in [3.8, 4) is 0 Å². The van der Waals surface area contributed by atoms with Crippen LogP contribution in [0.15, 0.2) is 12.1 Å². The summed E-state index contributed by atoms with van der Waals surface area (Å²) in [4.78, 5) is 11.8. The second-order valence-electron chi connectivity index (χ2n) is 8.74. The fourth-order valence-electron chi connectivity index (χ4n) is 2.57. The Morgan fingerprint density at radius 3 is 2.11 bits per heavy atom. The molecule has 1 saturated heterocycles. The number of ether oxygens (including phenoxy) is 1. The van der Waals surface area contributed by atoms with Crippen LogP contribution in [0.4, 0.5) is 9.18 Å². The van der Waals surface area contributed by atoms with E-state index in [0.29, 0.717) is 11.0 Å². The van der Waals surface area contributed by atoms with Crippen LogP contribution in [-0.2, 0) is 20.6 Å². The normalized spacial score (nSPS) is 17.6. The minimum Gasteiger partial charge on any atom is -0.444 e. The number of aryl methyl sites for hydroxylation is 1. The number of carbonyl (C=O) groups excluding carboxylic acids is 1. The van der Waals surface area contributed by atoms with E-state index >= 15 is 0 Å². The van der Waals surface area contributed by atoms with Crippen molar-refractivity contribution >= 4 is 18.7 Å². The largest absolute Gasteiger partial charge is 0.497 e. The highest BCUT2D eigenvalue weighted by atomic mass is 19.1. The molecule has 1 heterocycles. The molecule has 1 N–H and O–H groups in total. The number of benzene rings is 1. The van der Waals surface area contributed by atoms with E-state index in [1.807, 2.05) is 48.5 Å². The molecule has 1 aromatic carbocycles. The zero-order valence-corrected chi connectivity index (χ0v) is 19.0. The van der Waals surface area contributed by atoms with Crippen LogP contribution in [0.25, 0.3) is 0 Å². The highest BCUT2D eigenvalue weighted by Gasteiger charge is 2.52. The molecule has 1 aliphatic rings. The Balaban J connectivity index is 0.00000190. The topological polar surface area (TPSA) is 56.8 Å². The second-order valence-corrected chi connectivity index (χ2v) is 8.74. The molecule has 1 aromatic rings. The van der Waals surface area contributed by atoms with Crippen molar-refractivity contribution in [1.82, 2.24) is 5.32 Å². The molecule has 7 heteroatoms. The molecule has 0 aliphatic carbocycles. The van der Waals surface area contributed by atoms with Crippen LogP contribution < -0.4 is 10.8 Å². The van der Waals surface area contributed by atoms with Gasteiger partial charge in [-0.1, -0.05) is 19.9 Å². The Morgan fingerprint density at radius 1 is 1.14 bits per heavy atom. The van der Waals surface area contributed by atoms with Gasteiger partial charge < -0.3 is 19.4 Å². The Labute approximate surface area is 169 Å². The first kappa shape index (κ1) is 24.4. The summed E-state index contributed by atoms with van der Waals surface area (Å²) < 4.78 is 31.7. The quantitative estimate of drug-likeness (QED) is 0.767. The van der Waals surface area contributed by atoms with Gasteiger partial charge >= 0.3 is 13.2 Å². The summed E-state index contributed by atoms with van der Waals surface area (Å²) >= 11 is 0. The third-order valence-electron chi connectivity index (χ3n) is 4.78. The molecule has 0 aromatic heterocycles. The lowest BCUT2D eigenvalue weighted by atomic mass is 9.77. The van der Waals surface area contributed by atoms with Crippen molar-refractivity contribution < 1.29 is 23.2 Å². The van der Waals surface area contributed by atoms with Gasteiger partial charge in [-0.2, -0.15) is 0 Å². The Kier molecular flexibility index (Phi) is 7.70. The maximum atomic E-state index is 14.7. The molecule has 158 valence electrons. The van der Waals surface area contributed by atoms with Crippen LogP contribution in [0, 0.1) is 12.7 Å². The van der Waals surface area contributed by atoms with Gasteiger partial charge in [-0.25, -0.2) is 9.18 Å². The van der Waals surface area contributed by atoms with E-state index in [1.54, 1.807) is 26.8 Å². The predicted molar refractivity (Wildman–Crippen MR) is 111 cm³/mol. The van der Waals surface area contributed by atoms with Gasteiger partial charge in [0.15, 0.2) is 0 Å². The summed E-state index contributed by atoms with van der Waals surface area (Å²) in [5.74, 6) is -0.421. The molecule has 0 unspecified atom stereocenters. The van der Waals surface area contributed by atoms with Crippen LogP contribution in [0.2, 0.25) is 0 Å². The number of hydrogen-bond donors (Lipinski definition) is 1. The second kappa shape index (κ2) is 8.83. The lowest BCUT2D eigenvalue weighted by molar-refractivity contribution is 0.00578. The SMILES string of the molecule is CC.Cc1cc(B2OC(C)(C)C(C)(C)O2)c(F)cc1CNC(=O)OC(C)(C)C. The summed E-state index contributed by atoms with van der Waals surface area (Å²) in [7, 11) is -0.758. The number of hydrogen-bond acceptors (Lipinski definition) is 4. The Morgan fingerprint density at radius 2 is 1.64 bits per heavy atom. The van der Waals surface area contributed by atoms with Gasteiger partial charge in [0.1, 0.15) is 11.4 Å². The van der Waals surface area contributed by atoms with Gasteiger partial charge in [0.2, 0.25) is 0 Å². The standard InChI is InChI=1S/C19H29BFNO4.C2H6/c1-12-9-14(20-25-18(5,6)19(7,8)26-20)15(21)10-13(12)11-22-16(23)24-17(2,3)4;1-2/h9-10H,11H2,1-8H3,(H,22,23);1-2H3. The monoisotopic (exact) mass is 395 g/mol. The van der Waals surface area contributed by atoms with E-state index in [4.69, 9.17) is 14.0 Å². The zero-order chi connectivity index (χ0) is 21.9. The number of alkyl carbamates (subject to hydrolysis) is 1. The first-order valence-electron chi connectivity index (χ1n) is 9.83. The number of rotatable bonds is 3. The summed E-state index contributed by atoms with van der Waals surface area (Å²) in [6, 6.07) is 3.12. The smallest absolute Gasteiger partial charge is 0.444 e. The number of nitrogens with one attached hydrogen (secondary N) is 1. The van der Waals surface area contributed by atoms with Crippen molar-refractivity contribution in [1.29, 1.82) is 0 Å². The molecule has 0 radical (unpaired) electrons. The molecule has 28 heavy (non-hydrogen) atoms. The molecule has 0 bridgehead atoms. The third-order valence-corrected chi connectivity index (χ3v) is 4.78. The highest BCUT2D eigenvalue weighted by Crippen LogP contribution is 2.36. The van der Waals surface area contributed by atoms with E-state index in [-0.39, 0.29) is 6.54 Å². The minimum absolute atomic E-state index is 0.182. The molecule has 0 saturated carbocycles. The molecule has 5 nitrogen and oxygen atoms in total. The summed E-state index contributed by atoms with van der Waals surface area (Å²) in [5, 5.41) is 2.65. The third kappa shape index (κ3) is 5.95. The minimum atomic E-state index is -0.758. The van der Waals surface area contributed by atoms with Crippen LogP contribution in [0.1, 0.15) is 73.4 Å². The van der Waals surface area contributed by atoms with E-state index in [1.165, 1.54) is 6.07 Å². The van der Waals surface area contributed by atoms with Gasteiger partial charge in [0.05, 0.1) is 11.2 Å². The molecule has 2 rings (SSSR count). The molecule has 0 atom stereocenters. The molecule has 1 fully saturated rings. The van der Waals surface area contributed by atoms with Gasteiger partial charge in [-0.05, 0) is 72.6 Å². The molecular formula is C21H35BFNO4. The van der Waals surface area contributed by atoms with Crippen molar-refractivity contribution in [2.24, 2.45) is 0 Å². The fraction of sp³-hybridized carbons (Fsp3) is 0.667. The maximum absolute atomic E-state index is 14.7. The number of carbonyl (C=O) groups is 1. The Hall–Kier alpha value is -1.60. The summed E-state index contributed by atoms with van der Waals surface area (Å²) in [6.07, 6.45) is -0.535. The number of amides is 1. The van der Waals surface area contributed by atoms with Crippen molar-refractivity contribution in [2.45, 2.75) is 92.6 Å². The van der Waals surface area contributed by atoms with E-state index in [0.717, 1.165) is 5.56 Å². The fourth-order valence-corrected chi connectivity index (χ4v) is 2.57. The van der Waals surface area contributed by atoms with Gasteiger partial charge in [-0.15, -0.1) is 0 Å². The van der Waals surface area contributed by atoms with E-state index < -0.39 is 35.8 Å². The lowest BCUT2D eigenvalue weighted by Crippen LogP contribution is -2.41. The molecule has 1 aliphatic heterocycles. The first-order chi connectivity index (χ1) is 12.7. The van der Waals surface area contributed by atoms with Gasteiger partial charge in [0.25, 0.3) is 0 Å². The van der Waals surface area contributed by atoms with Crippen molar-refractivity contribution in [3.63, 3.8) is 0 Å². The highest BCUT2D eigenvalue weighted by molar-refractivity contribution is 6.62. The van der Waals surface area contributed by atoms with Gasteiger partial charge in [0, 0.05) is 12.0 Å². The zero-order valence-electron chi connectivity index (χ0n) is 19.0. The summed E-state index contributed by atoms with van der Waals surface area (Å²) in [6.45, 7) is 19.1. The maximum Gasteiger partial charge on any atom is 0.497 e. The van der Waals surface area contributed by atoms with Crippen LogP contribution in [0.3, 0.4) is 0 Å². The Bertz CT molecular complexity index is 682. The molecular weight excluding hydrogens is 360 g/mol. The first-order valence-corrected chi connectivity index (χ1v) is 9.83. The molecule has 1 amide bonds. The molecule has 0 spiro atoms.